The number of carbonyl (C=O) groups is 1. The summed E-state index contributed by atoms with van der Waals surface area (Å²) >= 11 is 0. The van der Waals surface area contributed by atoms with Crippen molar-refractivity contribution in [2.45, 2.75) is 32.7 Å². The molecule has 0 N–H and O–H groups in total. The van der Waals surface area contributed by atoms with E-state index >= 15 is 0 Å². The van der Waals surface area contributed by atoms with E-state index in [9.17, 15) is 17.6 Å². The van der Waals surface area contributed by atoms with Crippen LogP contribution in [0.2, 0.25) is 0 Å². The van der Waals surface area contributed by atoms with Gasteiger partial charge in [0.05, 0.1) is 36.3 Å². The molecular weight excluding hydrogens is 449 g/mol. The van der Waals surface area contributed by atoms with Gasteiger partial charge in [0, 0.05) is 36.1 Å². The molecule has 0 spiro atoms. The SMILES string of the molecule is CC(F)Oc1cccc(-c2nn(C3COC3)c3cc(C(=O)CC4(C)CS(=O)(=O)C4)cnc23)c1. The maximum absolute atomic E-state index is 13.3. The van der Waals surface area contributed by atoms with Gasteiger partial charge in [-0.15, -0.1) is 0 Å². The molecule has 8 nitrogen and oxygen atoms in total. The summed E-state index contributed by atoms with van der Waals surface area (Å²) in [5.41, 5.74) is 2.51. The number of hydrogen-bond acceptors (Lipinski definition) is 7. The van der Waals surface area contributed by atoms with E-state index in [2.05, 4.69) is 4.98 Å². The van der Waals surface area contributed by atoms with Crippen molar-refractivity contribution in [2.24, 2.45) is 5.41 Å². The first kappa shape index (κ1) is 22.0. The van der Waals surface area contributed by atoms with Crippen LogP contribution in [-0.2, 0) is 14.6 Å². The third kappa shape index (κ3) is 4.24. The Morgan fingerprint density at radius 1 is 1.33 bits per heavy atom. The molecule has 4 heterocycles. The Morgan fingerprint density at radius 3 is 2.73 bits per heavy atom. The molecule has 2 fully saturated rings. The number of aromatic nitrogens is 3. The molecule has 10 heteroatoms. The van der Waals surface area contributed by atoms with Crippen molar-refractivity contribution in [2.75, 3.05) is 24.7 Å². The van der Waals surface area contributed by atoms with Gasteiger partial charge >= 0.3 is 0 Å². The fourth-order valence-corrected chi connectivity index (χ4v) is 6.77. The first-order valence-electron chi connectivity index (χ1n) is 10.7. The molecular formula is C23H24FN3O5S. The summed E-state index contributed by atoms with van der Waals surface area (Å²) in [5.74, 6) is 0.290. The van der Waals surface area contributed by atoms with Crippen molar-refractivity contribution in [3.05, 3.63) is 42.1 Å². The Balaban J connectivity index is 1.52. The number of halogens is 1. The monoisotopic (exact) mass is 473 g/mol. The molecule has 0 saturated carbocycles. The normalized spacial score (nSPS) is 20.1. The molecule has 2 saturated heterocycles. The van der Waals surface area contributed by atoms with Gasteiger partial charge in [0.1, 0.15) is 17.0 Å². The van der Waals surface area contributed by atoms with E-state index in [1.54, 1.807) is 24.3 Å². The van der Waals surface area contributed by atoms with Crippen LogP contribution in [0.1, 0.15) is 36.7 Å². The van der Waals surface area contributed by atoms with Gasteiger partial charge in [-0.2, -0.15) is 5.10 Å². The molecule has 2 aromatic heterocycles. The number of Topliss-reactive ketones (excluding diaryl/α,β-unsaturated/α-hetero) is 1. The van der Waals surface area contributed by atoms with Gasteiger partial charge in [0.15, 0.2) is 15.6 Å². The zero-order valence-corrected chi connectivity index (χ0v) is 19.1. The van der Waals surface area contributed by atoms with E-state index < -0.39 is 21.6 Å². The van der Waals surface area contributed by atoms with E-state index in [-0.39, 0.29) is 29.8 Å². The minimum atomic E-state index is -3.03. The summed E-state index contributed by atoms with van der Waals surface area (Å²) in [6.45, 7) is 4.14. The van der Waals surface area contributed by atoms with E-state index in [0.29, 0.717) is 41.3 Å². The summed E-state index contributed by atoms with van der Waals surface area (Å²) in [5, 5.41) is 4.76. The zero-order chi connectivity index (χ0) is 23.4. The Kier molecular flexibility index (Phi) is 5.24. The smallest absolute Gasteiger partial charge is 0.235 e. The number of benzene rings is 1. The number of fused-ring (bicyclic) bond motifs is 1. The van der Waals surface area contributed by atoms with Crippen LogP contribution in [0.15, 0.2) is 36.5 Å². The molecule has 1 atom stereocenters. The largest absolute Gasteiger partial charge is 0.461 e. The number of pyridine rings is 1. The molecule has 0 amide bonds. The quantitative estimate of drug-likeness (QED) is 0.485. The lowest BCUT2D eigenvalue weighted by atomic mass is 9.86. The Labute approximate surface area is 190 Å². The van der Waals surface area contributed by atoms with Gasteiger partial charge in [-0.1, -0.05) is 19.1 Å². The first-order valence-corrected chi connectivity index (χ1v) is 12.6. The molecule has 2 aliphatic rings. The number of hydrogen-bond donors (Lipinski definition) is 0. The maximum Gasteiger partial charge on any atom is 0.235 e. The standard InChI is InChI=1S/C23H24FN3O5S/c1-14(24)32-18-5-3-4-15(6-18)21-22-19(27(26-21)17-10-31-11-17)7-16(9-25-22)20(28)8-23(2)12-33(29,30)13-23/h3-7,9,14,17H,8,10-13H2,1-2H3. The third-order valence-corrected chi connectivity index (χ3v) is 8.24. The average Bonchev–Trinajstić information content (AvgIpc) is 3.03. The van der Waals surface area contributed by atoms with Crippen LogP contribution in [0, 0.1) is 5.41 Å². The fourth-order valence-electron chi connectivity index (χ4n) is 4.52. The van der Waals surface area contributed by atoms with Crippen LogP contribution in [-0.4, -0.2) is 60.0 Å². The van der Waals surface area contributed by atoms with Gasteiger partial charge < -0.3 is 9.47 Å². The molecule has 174 valence electrons. The molecule has 0 radical (unpaired) electrons. The van der Waals surface area contributed by atoms with Gasteiger partial charge in [-0.25, -0.2) is 12.8 Å². The van der Waals surface area contributed by atoms with Crippen molar-refractivity contribution in [3.63, 3.8) is 0 Å². The second-order valence-corrected chi connectivity index (χ2v) is 11.3. The summed E-state index contributed by atoms with van der Waals surface area (Å²) in [6, 6.07) is 8.77. The number of carbonyl (C=O) groups excluding carboxylic acids is 1. The molecule has 1 unspecified atom stereocenters. The Morgan fingerprint density at radius 2 is 2.09 bits per heavy atom. The van der Waals surface area contributed by atoms with Gasteiger partial charge in [-0.3, -0.25) is 14.5 Å². The van der Waals surface area contributed by atoms with Crippen LogP contribution in [0.3, 0.4) is 0 Å². The van der Waals surface area contributed by atoms with Crippen molar-refractivity contribution in [3.8, 4) is 17.0 Å². The summed E-state index contributed by atoms with van der Waals surface area (Å²) in [7, 11) is -3.03. The van der Waals surface area contributed by atoms with Gasteiger partial charge in [-0.05, 0) is 18.2 Å². The summed E-state index contributed by atoms with van der Waals surface area (Å²) in [6.07, 6.45) is 0.215. The predicted octanol–water partition coefficient (Wildman–Crippen LogP) is 3.37. The maximum atomic E-state index is 13.3. The predicted molar refractivity (Wildman–Crippen MR) is 120 cm³/mol. The molecule has 5 rings (SSSR count). The van der Waals surface area contributed by atoms with E-state index in [1.165, 1.54) is 13.1 Å². The molecule has 3 aromatic rings. The molecule has 33 heavy (non-hydrogen) atoms. The highest BCUT2D eigenvalue weighted by Gasteiger charge is 2.45. The molecule has 0 bridgehead atoms. The average molecular weight is 474 g/mol. The van der Waals surface area contributed by atoms with Crippen LogP contribution >= 0.6 is 0 Å². The lowest BCUT2D eigenvalue weighted by Crippen LogP contribution is -2.47. The second kappa shape index (κ2) is 7.88. The molecule has 2 aliphatic heterocycles. The van der Waals surface area contributed by atoms with Crippen molar-refractivity contribution in [1.82, 2.24) is 14.8 Å². The second-order valence-electron chi connectivity index (χ2n) is 9.21. The number of nitrogens with zero attached hydrogens (tertiary/aromatic N) is 3. The zero-order valence-electron chi connectivity index (χ0n) is 18.3. The first-order chi connectivity index (χ1) is 15.6. The topological polar surface area (TPSA) is 100 Å². The number of rotatable bonds is 7. The fraction of sp³-hybridized carbons (Fsp3) is 0.435. The minimum Gasteiger partial charge on any atom is -0.461 e. The number of ketones is 1. The van der Waals surface area contributed by atoms with E-state index in [1.807, 2.05) is 17.7 Å². The van der Waals surface area contributed by atoms with Crippen molar-refractivity contribution in [1.29, 1.82) is 0 Å². The highest BCUT2D eigenvalue weighted by molar-refractivity contribution is 7.92. The highest BCUT2D eigenvalue weighted by Crippen LogP contribution is 2.37. The minimum absolute atomic E-state index is 0.0213. The lowest BCUT2D eigenvalue weighted by molar-refractivity contribution is -0.0265. The highest BCUT2D eigenvalue weighted by atomic mass is 32.2. The Hall–Kier alpha value is -2.85. The van der Waals surface area contributed by atoms with Gasteiger partial charge in [0.25, 0.3) is 0 Å². The summed E-state index contributed by atoms with van der Waals surface area (Å²) < 4.78 is 48.8. The van der Waals surface area contributed by atoms with Crippen LogP contribution < -0.4 is 4.74 Å². The lowest BCUT2D eigenvalue weighted by Gasteiger charge is -2.37. The van der Waals surface area contributed by atoms with E-state index in [4.69, 9.17) is 14.6 Å². The summed E-state index contributed by atoms with van der Waals surface area (Å²) in [4.78, 5) is 17.5. The van der Waals surface area contributed by atoms with Crippen molar-refractivity contribution < 1.29 is 27.1 Å². The number of ether oxygens (including phenoxy) is 2. The van der Waals surface area contributed by atoms with Gasteiger partial charge in [0.2, 0.25) is 6.36 Å². The number of sulfone groups is 1. The van der Waals surface area contributed by atoms with Crippen molar-refractivity contribution >= 4 is 26.7 Å². The van der Waals surface area contributed by atoms with E-state index in [0.717, 1.165) is 5.56 Å². The third-order valence-electron chi connectivity index (χ3n) is 5.96. The van der Waals surface area contributed by atoms with Crippen LogP contribution in [0.4, 0.5) is 4.39 Å². The molecule has 1 aromatic carbocycles. The Bertz CT molecular complexity index is 1340. The number of alkyl halides is 1. The van der Waals surface area contributed by atoms with Crippen LogP contribution in [0.25, 0.3) is 22.3 Å². The van der Waals surface area contributed by atoms with Crippen LogP contribution in [0.5, 0.6) is 5.75 Å². The molecule has 0 aliphatic carbocycles.